The number of nitrogens with one attached hydrogen (secondary N) is 1. The number of carbonyl (C=O) groups is 1. The minimum atomic E-state index is -0.0529. The second-order valence-electron chi connectivity index (χ2n) is 6.48. The van der Waals surface area contributed by atoms with E-state index in [-0.39, 0.29) is 18.1 Å². The molecule has 0 radical (unpaired) electrons. The van der Waals surface area contributed by atoms with E-state index in [9.17, 15) is 4.79 Å². The zero-order valence-corrected chi connectivity index (χ0v) is 13.9. The second-order valence-corrected chi connectivity index (χ2v) is 7.80. The Morgan fingerprint density at radius 3 is 2.43 bits per heavy atom. The molecular formula is C17H26N2OS. The van der Waals surface area contributed by atoms with Crippen molar-refractivity contribution in [2.24, 2.45) is 0 Å². The summed E-state index contributed by atoms with van der Waals surface area (Å²) < 4.78 is 0. The van der Waals surface area contributed by atoms with Gasteiger partial charge in [-0.3, -0.25) is 10.1 Å². The van der Waals surface area contributed by atoms with Gasteiger partial charge >= 0.3 is 0 Å². The van der Waals surface area contributed by atoms with Crippen molar-refractivity contribution in [3.8, 4) is 0 Å². The van der Waals surface area contributed by atoms with Gasteiger partial charge in [0.05, 0.1) is 6.04 Å². The van der Waals surface area contributed by atoms with E-state index in [0.29, 0.717) is 6.04 Å². The first-order chi connectivity index (χ1) is 10.2. The first kappa shape index (κ1) is 15.0. The molecule has 1 aliphatic carbocycles. The molecule has 1 saturated heterocycles. The normalized spacial score (nSPS) is 28.7. The van der Waals surface area contributed by atoms with Crippen LogP contribution in [-0.2, 0) is 4.79 Å². The molecule has 2 atom stereocenters. The number of amides is 1. The fourth-order valence-electron chi connectivity index (χ4n) is 3.66. The Hall–Kier alpha value is -0.870. The van der Waals surface area contributed by atoms with Crippen molar-refractivity contribution in [1.82, 2.24) is 10.2 Å². The Balaban J connectivity index is 1.82. The van der Waals surface area contributed by atoms with E-state index in [1.54, 1.807) is 0 Å². The molecule has 0 bridgehead atoms. The molecule has 1 saturated carbocycles. The maximum atomic E-state index is 12.7. The van der Waals surface area contributed by atoms with Crippen LogP contribution in [0.1, 0.15) is 67.8 Å². The number of rotatable bonds is 2. The van der Waals surface area contributed by atoms with Crippen LogP contribution in [-0.4, -0.2) is 22.9 Å². The topological polar surface area (TPSA) is 32.3 Å². The average molecular weight is 306 g/mol. The van der Waals surface area contributed by atoms with E-state index in [0.717, 1.165) is 0 Å². The average Bonchev–Trinajstić information content (AvgIpc) is 2.96. The Morgan fingerprint density at radius 2 is 1.81 bits per heavy atom. The van der Waals surface area contributed by atoms with Crippen molar-refractivity contribution in [3.05, 3.63) is 21.9 Å². The quantitative estimate of drug-likeness (QED) is 0.896. The van der Waals surface area contributed by atoms with Gasteiger partial charge in [-0.05, 0) is 38.8 Å². The summed E-state index contributed by atoms with van der Waals surface area (Å²) in [4.78, 5) is 17.4. The zero-order chi connectivity index (χ0) is 14.8. The Labute approximate surface area is 131 Å². The van der Waals surface area contributed by atoms with Crippen LogP contribution in [0.15, 0.2) is 12.1 Å². The summed E-state index contributed by atoms with van der Waals surface area (Å²) in [5.74, 6) is 0.289. The molecule has 0 aromatic carbocycles. The summed E-state index contributed by atoms with van der Waals surface area (Å²) in [5, 5.41) is 3.50. The molecule has 3 rings (SSSR count). The lowest BCUT2D eigenvalue weighted by Crippen LogP contribution is -2.40. The summed E-state index contributed by atoms with van der Waals surface area (Å²) in [6, 6.07) is 4.70. The molecule has 1 aromatic rings. The van der Waals surface area contributed by atoms with Crippen molar-refractivity contribution >= 4 is 17.2 Å². The maximum Gasteiger partial charge on any atom is 0.241 e. The molecule has 1 N–H and O–H groups in total. The summed E-state index contributed by atoms with van der Waals surface area (Å²) in [7, 11) is 0. The van der Waals surface area contributed by atoms with Crippen LogP contribution in [0.4, 0.5) is 0 Å². The highest BCUT2D eigenvalue weighted by molar-refractivity contribution is 7.12. The van der Waals surface area contributed by atoms with Crippen LogP contribution in [0.2, 0.25) is 0 Å². The molecule has 1 aromatic heterocycles. The van der Waals surface area contributed by atoms with Crippen molar-refractivity contribution in [2.45, 2.75) is 77.0 Å². The van der Waals surface area contributed by atoms with E-state index in [2.05, 4.69) is 29.3 Å². The fourth-order valence-corrected chi connectivity index (χ4v) is 4.60. The zero-order valence-electron chi connectivity index (χ0n) is 13.1. The third kappa shape index (κ3) is 3.16. The van der Waals surface area contributed by atoms with Gasteiger partial charge in [-0.1, -0.05) is 32.1 Å². The lowest BCUT2D eigenvalue weighted by molar-refractivity contribution is -0.132. The molecule has 1 aliphatic heterocycles. The van der Waals surface area contributed by atoms with Gasteiger partial charge in [-0.25, -0.2) is 0 Å². The molecule has 4 heteroatoms. The van der Waals surface area contributed by atoms with Gasteiger partial charge in [0.1, 0.15) is 6.17 Å². The Bertz CT molecular complexity index is 491. The van der Waals surface area contributed by atoms with Crippen LogP contribution in [0.5, 0.6) is 0 Å². The SMILES string of the molecule is Cc1ccc(C2NC(C)C(=O)N2C2CCCCCCC2)s1. The van der Waals surface area contributed by atoms with E-state index in [1.807, 2.05) is 18.3 Å². The minimum Gasteiger partial charge on any atom is -0.318 e. The highest BCUT2D eigenvalue weighted by atomic mass is 32.1. The van der Waals surface area contributed by atoms with Crippen LogP contribution in [0.3, 0.4) is 0 Å². The van der Waals surface area contributed by atoms with Gasteiger partial charge in [0.2, 0.25) is 5.91 Å². The van der Waals surface area contributed by atoms with Crippen molar-refractivity contribution in [3.63, 3.8) is 0 Å². The fraction of sp³-hybridized carbons (Fsp3) is 0.706. The molecule has 21 heavy (non-hydrogen) atoms. The van der Waals surface area contributed by atoms with Crippen molar-refractivity contribution in [2.75, 3.05) is 0 Å². The predicted molar refractivity (Wildman–Crippen MR) is 87.3 cm³/mol. The van der Waals surface area contributed by atoms with Gasteiger partial charge in [-0.15, -0.1) is 11.3 Å². The van der Waals surface area contributed by atoms with Crippen LogP contribution < -0.4 is 5.32 Å². The van der Waals surface area contributed by atoms with Gasteiger partial charge in [0, 0.05) is 15.8 Å². The third-order valence-electron chi connectivity index (χ3n) is 4.81. The third-order valence-corrected chi connectivity index (χ3v) is 5.86. The molecular weight excluding hydrogens is 280 g/mol. The molecule has 2 fully saturated rings. The monoisotopic (exact) mass is 306 g/mol. The first-order valence-corrected chi connectivity index (χ1v) is 9.13. The van der Waals surface area contributed by atoms with E-state index in [4.69, 9.17) is 0 Å². The second kappa shape index (κ2) is 6.49. The van der Waals surface area contributed by atoms with Gasteiger partial charge < -0.3 is 4.90 Å². The Morgan fingerprint density at radius 1 is 1.14 bits per heavy atom. The van der Waals surface area contributed by atoms with Crippen LogP contribution in [0, 0.1) is 6.92 Å². The smallest absolute Gasteiger partial charge is 0.241 e. The molecule has 1 amide bonds. The lowest BCUT2D eigenvalue weighted by atomic mass is 9.95. The maximum absolute atomic E-state index is 12.7. The van der Waals surface area contributed by atoms with Crippen molar-refractivity contribution < 1.29 is 4.79 Å². The lowest BCUT2D eigenvalue weighted by Gasteiger charge is -2.33. The molecule has 0 spiro atoms. The largest absolute Gasteiger partial charge is 0.318 e. The number of aryl methyl sites for hydroxylation is 1. The molecule has 116 valence electrons. The molecule has 2 unspecified atom stereocenters. The summed E-state index contributed by atoms with van der Waals surface area (Å²) in [6.45, 7) is 4.13. The number of hydrogen-bond acceptors (Lipinski definition) is 3. The van der Waals surface area contributed by atoms with Crippen LogP contribution >= 0.6 is 11.3 Å². The standard InChI is InChI=1S/C17H26N2OS/c1-12-10-11-15(21-12)16-18-13(2)17(20)19(16)14-8-6-4-3-5-7-9-14/h10-11,13-14,16,18H,3-9H2,1-2H3. The summed E-state index contributed by atoms with van der Waals surface area (Å²) in [5.41, 5.74) is 0. The molecule has 2 heterocycles. The summed E-state index contributed by atoms with van der Waals surface area (Å²) >= 11 is 1.81. The predicted octanol–water partition coefficient (Wildman–Crippen LogP) is 3.99. The van der Waals surface area contributed by atoms with Crippen LogP contribution in [0.25, 0.3) is 0 Å². The number of carbonyl (C=O) groups excluding carboxylic acids is 1. The first-order valence-electron chi connectivity index (χ1n) is 8.31. The number of hydrogen-bond donors (Lipinski definition) is 1. The van der Waals surface area contributed by atoms with E-state index >= 15 is 0 Å². The van der Waals surface area contributed by atoms with Crippen molar-refractivity contribution in [1.29, 1.82) is 0 Å². The van der Waals surface area contributed by atoms with Gasteiger partial charge in [0.15, 0.2) is 0 Å². The number of thiophene rings is 1. The molecule has 2 aliphatic rings. The summed E-state index contributed by atoms with van der Waals surface area (Å²) in [6.07, 6.45) is 8.97. The Kier molecular flexibility index (Phi) is 4.65. The van der Waals surface area contributed by atoms with E-state index in [1.165, 1.54) is 54.7 Å². The molecule has 3 nitrogen and oxygen atoms in total. The minimum absolute atomic E-state index is 0.0529. The van der Waals surface area contributed by atoms with Gasteiger partial charge in [-0.2, -0.15) is 0 Å². The number of nitrogens with zero attached hydrogens (tertiary/aromatic N) is 1. The van der Waals surface area contributed by atoms with E-state index < -0.39 is 0 Å². The van der Waals surface area contributed by atoms with Gasteiger partial charge in [0.25, 0.3) is 0 Å². The highest BCUT2D eigenvalue weighted by Gasteiger charge is 2.41. The highest BCUT2D eigenvalue weighted by Crippen LogP contribution is 2.35.